The summed E-state index contributed by atoms with van der Waals surface area (Å²) in [5.41, 5.74) is 2.72. The van der Waals surface area contributed by atoms with Gasteiger partial charge in [-0.25, -0.2) is 0 Å². The molecule has 0 bridgehead atoms. The highest BCUT2D eigenvalue weighted by molar-refractivity contribution is 5.88. The summed E-state index contributed by atoms with van der Waals surface area (Å²) >= 11 is 0. The molecule has 1 aliphatic rings. The standard InChI is InChI=1S/C18H18N4O2/c1-21(18(23)9-14-7-8-22(11-14)13-19)12-16-10-17(20-24-16)15-5-3-2-4-6-15/h2-6,9-10H,7-8,11-12H2,1H3. The molecular formula is C18H18N4O2. The Balaban J connectivity index is 1.62. The number of hydrogen-bond acceptors (Lipinski definition) is 5. The van der Waals surface area contributed by atoms with Gasteiger partial charge in [-0.3, -0.25) is 4.79 Å². The molecule has 3 rings (SSSR count). The number of likely N-dealkylation sites (N-methyl/N-ethyl adjacent to an activating group) is 1. The number of nitrogens with zero attached hydrogens (tertiary/aromatic N) is 4. The maximum Gasteiger partial charge on any atom is 0.246 e. The number of nitriles is 1. The van der Waals surface area contributed by atoms with E-state index < -0.39 is 0 Å². The summed E-state index contributed by atoms with van der Waals surface area (Å²) in [6, 6.07) is 11.6. The molecule has 0 N–H and O–H groups in total. The molecule has 1 amide bonds. The van der Waals surface area contributed by atoms with Crippen molar-refractivity contribution in [1.82, 2.24) is 15.0 Å². The van der Waals surface area contributed by atoms with Gasteiger partial charge in [-0.15, -0.1) is 0 Å². The van der Waals surface area contributed by atoms with Crippen LogP contribution >= 0.6 is 0 Å². The molecule has 2 aromatic rings. The summed E-state index contributed by atoms with van der Waals surface area (Å²) in [5.74, 6) is 0.538. The first-order valence-corrected chi connectivity index (χ1v) is 7.76. The molecule has 1 saturated heterocycles. The minimum Gasteiger partial charge on any atom is -0.359 e. The molecule has 6 heteroatoms. The molecule has 0 spiro atoms. The van der Waals surface area contributed by atoms with E-state index in [0.29, 0.717) is 25.4 Å². The summed E-state index contributed by atoms with van der Waals surface area (Å²) in [4.78, 5) is 15.5. The molecule has 2 heterocycles. The molecule has 24 heavy (non-hydrogen) atoms. The zero-order valence-electron chi connectivity index (χ0n) is 13.5. The summed E-state index contributed by atoms with van der Waals surface area (Å²) in [7, 11) is 1.72. The van der Waals surface area contributed by atoms with Gasteiger partial charge in [-0.1, -0.05) is 35.5 Å². The van der Waals surface area contributed by atoms with Crippen molar-refractivity contribution in [2.45, 2.75) is 13.0 Å². The van der Waals surface area contributed by atoms with Crippen LogP contribution in [0.2, 0.25) is 0 Å². The van der Waals surface area contributed by atoms with Crippen LogP contribution in [0.1, 0.15) is 12.2 Å². The van der Waals surface area contributed by atoms with Crippen molar-refractivity contribution >= 4 is 5.91 Å². The van der Waals surface area contributed by atoms with E-state index in [1.54, 1.807) is 22.9 Å². The van der Waals surface area contributed by atoms with Crippen LogP contribution in [-0.4, -0.2) is 41.0 Å². The van der Waals surface area contributed by atoms with Gasteiger partial charge in [-0.2, -0.15) is 5.26 Å². The maximum atomic E-state index is 12.3. The van der Waals surface area contributed by atoms with E-state index >= 15 is 0 Å². The van der Waals surface area contributed by atoms with Gasteiger partial charge in [0.2, 0.25) is 5.91 Å². The maximum absolute atomic E-state index is 12.3. The quantitative estimate of drug-likeness (QED) is 0.638. The molecule has 1 aromatic carbocycles. The Morgan fingerprint density at radius 1 is 1.46 bits per heavy atom. The van der Waals surface area contributed by atoms with Crippen molar-refractivity contribution in [1.29, 1.82) is 5.26 Å². The third-order valence-corrected chi connectivity index (χ3v) is 3.96. The Hall–Kier alpha value is -3.07. The first-order valence-electron chi connectivity index (χ1n) is 7.76. The fraction of sp³-hybridized carbons (Fsp3) is 0.278. The van der Waals surface area contributed by atoms with E-state index in [4.69, 9.17) is 9.78 Å². The molecule has 1 aromatic heterocycles. The molecule has 0 aliphatic carbocycles. The van der Waals surface area contributed by atoms with E-state index in [9.17, 15) is 4.79 Å². The van der Waals surface area contributed by atoms with Gasteiger partial charge in [0, 0.05) is 37.8 Å². The Morgan fingerprint density at radius 3 is 2.96 bits per heavy atom. The number of benzene rings is 1. The highest BCUT2D eigenvalue weighted by Gasteiger charge is 2.18. The molecule has 0 radical (unpaired) electrons. The smallest absolute Gasteiger partial charge is 0.246 e. The van der Waals surface area contributed by atoms with Crippen molar-refractivity contribution in [3.63, 3.8) is 0 Å². The van der Waals surface area contributed by atoms with Gasteiger partial charge in [0.1, 0.15) is 5.69 Å². The first kappa shape index (κ1) is 15.8. The van der Waals surface area contributed by atoms with Crippen LogP contribution in [0.25, 0.3) is 11.3 Å². The molecule has 0 saturated carbocycles. The lowest BCUT2D eigenvalue weighted by molar-refractivity contribution is -0.125. The Kier molecular flexibility index (Phi) is 4.62. The Morgan fingerprint density at radius 2 is 2.25 bits per heavy atom. The number of carbonyl (C=O) groups excluding carboxylic acids is 1. The highest BCUT2D eigenvalue weighted by Crippen LogP contribution is 2.19. The first-order chi connectivity index (χ1) is 11.7. The van der Waals surface area contributed by atoms with Crippen LogP contribution in [0.15, 0.2) is 52.6 Å². The number of carbonyl (C=O) groups is 1. The van der Waals surface area contributed by atoms with Crippen LogP contribution < -0.4 is 0 Å². The number of rotatable bonds is 4. The van der Waals surface area contributed by atoms with Crippen molar-refractivity contribution < 1.29 is 9.32 Å². The van der Waals surface area contributed by atoms with Crippen LogP contribution in [0.5, 0.6) is 0 Å². The van der Waals surface area contributed by atoms with E-state index in [1.807, 2.05) is 36.4 Å². The third-order valence-electron chi connectivity index (χ3n) is 3.96. The van der Waals surface area contributed by atoms with E-state index in [-0.39, 0.29) is 5.91 Å². The fourth-order valence-corrected chi connectivity index (χ4v) is 2.61. The summed E-state index contributed by atoms with van der Waals surface area (Å²) in [5, 5.41) is 12.9. The second-order valence-corrected chi connectivity index (χ2v) is 5.81. The van der Waals surface area contributed by atoms with Gasteiger partial charge >= 0.3 is 0 Å². The summed E-state index contributed by atoms with van der Waals surface area (Å²) < 4.78 is 5.33. The van der Waals surface area contributed by atoms with E-state index in [0.717, 1.165) is 23.3 Å². The topological polar surface area (TPSA) is 73.4 Å². The van der Waals surface area contributed by atoms with Crippen molar-refractivity contribution in [2.24, 2.45) is 0 Å². The lowest BCUT2D eigenvalue weighted by atomic mass is 10.1. The summed E-state index contributed by atoms with van der Waals surface area (Å²) in [6.07, 6.45) is 4.47. The number of amides is 1. The third kappa shape index (κ3) is 3.63. The molecule has 6 nitrogen and oxygen atoms in total. The normalized spacial score (nSPS) is 15.5. The molecular weight excluding hydrogens is 304 g/mol. The van der Waals surface area contributed by atoms with Crippen LogP contribution in [-0.2, 0) is 11.3 Å². The molecule has 122 valence electrons. The predicted octanol–water partition coefficient (Wildman–Crippen LogP) is 2.41. The van der Waals surface area contributed by atoms with Crippen molar-refractivity contribution in [2.75, 3.05) is 20.1 Å². The molecule has 1 fully saturated rings. The second kappa shape index (κ2) is 7.01. The van der Waals surface area contributed by atoms with Crippen LogP contribution in [0.4, 0.5) is 0 Å². The lowest BCUT2D eigenvalue weighted by Gasteiger charge is -2.13. The molecule has 0 unspecified atom stereocenters. The Labute approximate surface area is 140 Å². The molecule has 0 atom stereocenters. The minimum absolute atomic E-state index is 0.0950. The van der Waals surface area contributed by atoms with E-state index in [1.165, 1.54) is 0 Å². The SMILES string of the molecule is CN(Cc1cc(-c2ccccc2)no1)C(=O)C=C1CCN(C#N)C1. The van der Waals surface area contributed by atoms with Gasteiger partial charge in [-0.05, 0) is 12.0 Å². The number of hydrogen-bond donors (Lipinski definition) is 0. The summed E-state index contributed by atoms with van der Waals surface area (Å²) in [6.45, 7) is 1.57. The highest BCUT2D eigenvalue weighted by atomic mass is 16.5. The lowest BCUT2D eigenvalue weighted by Crippen LogP contribution is -2.24. The fourth-order valence-electron chi connectivity index (χ4n) is 2.61. The zero-order chi connectivity index (χ0) is 16.9. The monoisotopic (exact) mass is 322 g/mol. The minimum atomic E-state index is -0.0950. The van der Waals surface area contributed by atoms with Gasteiger partial charge < -0.3 is 14.3 Å². The van der Waals surface area contributed by atoms with Gasteiger partial charge in [0.15, 0.2) is 12.0 Å². The number of aromatic nitrogens is 1. The van der Waals surface area contributed by atoms with Crippen molar-refractivity contribution in [3.8, 4) is 17.5 Å². The average molecular weight is 322 g/mol. The van der Waals surface area contributed by atoms with Crippen LogP contribution in [0, 0.1) is 11.5 Å². The van der Waals surface area contributed by atoms with Crippen LogP contribution in [0.3, 0.4) is 0 Å². The average Bonchev–Trinajstić information content (AvgIpc) is 3.25. The largest absolute Gasteiger partial charge is 0.359 e. The zero-order valence-corrected chi connectivity index (χ0v) is 13.5. The van der Waals surface area contributed by atoms with Gasteiger partial charge in [0.25, 0.3) is 0 Å². The van der Waals surface area contributed by atoms with E-state index in [2.05, 4.69) is 11.3 Å². The van der Waals surface area contributed by atoms with Gasteiger partial charge in [0.05, 0.1) is 6.54 Å². The van der Waals surface area contributed by atoms with Crippen molar-refractivity contribution in [3.05, 3.63) is 53.8 Å². The molecule has 1 aliphatic heterocycles. The Bertz CT molecular complexity index is 789. The predicted molar refractivity (Wildman–Crippen MR) is 88.3 cm³/mol. The second-order valence-electron chi connectivity index (χ2n) is 5.81. The number of likely N-dealkylation sites (tertiary alicyclic amines) is 1.